The standard InChI is InChI=1S/C9H12O3/c1-2-12-9(11)7-5-3-4-6-8(7)10/h4-6,8,10H,2-3H2,1H3/t8-/m0/s1. The van der Waals surface area contributed by atoms with E-state index >= 15 is 0 Å². The Balaban J connectivity index is 2.61. The van der Waals surface area contributed by atoms with Crippen molar-refractivity contribution in [3.05, 3.63) is 23.8 Å². The maximum Gasteiger partial charge on any atom is 0.336 e. The molecule has 0 bridgehead atoms. The summed E-state index contributed by atoms with van der Waals surface area (Å²) in [5, 5.41) is 9.31. The molecule has 0 spiro atoms. The van der Waals surface area contributed by atoms with Gasteiger partial charge in [-0.05, 0) is 13.3 Å². The van der Waals surface area contributed by atoms with Crippen molar-refractivity contribution in [2.45, 2.75) is 19.4 Å². The summed E-state index contributed by atoms with van der Waals surface area (Å²) in [7, 11) is 0. The summed E-state index contributed by atoms with van der Waals surface area (Å²) in [6, 6.07) is 0. The molecular weight excluding hydrogens is 156 g/mol. The van der Waals surface area contributed by atoms with Crippen molar-refractivity contribution >= 4 is 5.97 Å². The van der Waals surface area contributed by atoms with Gasteiger partial charge in [-0.15, -0.1) is 0 Å². The lowest BCUT2D eigenvalue weighted by molar-refractivity contribution is -0.139. The Morgan fingerprint density at radius 2 is 2.58 bits per heavy atom. The van der Waals surface area contributed by atoms with Crippen LogP contribution in [0.5, 0.6) is 0 Å². The van der Waals surface area contributed by atoms with Gasteiger partial charge in [0, 0.05) is 0 Å². The van der Waals surface area contributed by atoms with Crippen LogP contribution in [0, 0.1) is 0 Å². The van der Waals surface area contributed by atoms with E-state index in [0.717, 1.165) is 0 Å². The second-order valence-corrected chi connectivity index (χ2v) is 2.49. The van der Waals surface area contributed by atoms with Gasteiger partial charge in [0.25, 0.3) is 0 Å². The highest BCUT2D eigenvalue weighted by molar-refractivity contribution is 5.90. The van der Waals surface area contributed by atoms with Gasteiger partial charge in [-0.3, -0.25) is 0 Å². The monoisotopic (exact) mass is 168 g/mol. The summed E-state index contributed by atoms with van der Waals surface area (Å²) in [5.41, 5.74) is 0.347. The van der Waals surface area contributed by atoms with Crippen LogP contribution in [0.4, 0.5) is 0 Å². The molecule has 0 aromatic carbocycles. The van der Waals surface area contributed by atoms with Crippen molar-refractivity contribution in [1.82, 2.24) is 0 Å². The molecule has 66 valence electrons. The van der Waals surface area contributed by atoms with Crippen LogP contribution in [0.25, 0.3) is 0 Å². The Kier molecular flexibility index (Phi) is 3.05. The van der Waals surface area contributed by atoms with E-state index in [-0.39, 0.29) is 0 Å². The van der Waals surface area contributed by atoms with Gasteiger partial charge in [0.2, 0.25) is 0 Å². The molecule has 1 aliphatic carbocycles. The summed E-state index contributed by atoms with van der Waals surface area (Å²) >= 11 is 0. The molecule has 1 rings (SSSR count). The molecule has 0 unspecified atom stereocenters. The fourth-order valence-corrected chi connectivity index (χ4v) is 1.05. The molecular formula is C9H12O3. The minimum Gasteiger partial charge on any atom is -0.463 e. The first-order valence-corrected chi connectivity index (χ1v) is 3.97. The molecule has 0 radical (unpaired) electrons. The maximum absolute atomic E-state index is 11.1. The van der Waals surface area contributed by atoms with Crippen molar-refractivity contribution in [2.75, 3.05) is 6.61 Å². The molecule has 1 N–H and O–H groups in total. The summed E-state index contributed by atoms with van der Waals surface area (Å²) < 4.78 is 4.75. The normalized spacial score (nSPS) is 21.8. The number of rotatable bonds is 2. The van der Waals surface area contributed by atoms with Crippen LogP contribution in [0.2, 0.25) is 0 Å². The summed E-state index contributed by atoms with van der Waals surface area (Å²) in [6.45, 7) is 2.08. The Bertz CT molecular complexity index is 228. The number of hydrogen-bond donors (Lipinski definition) is 1. The Hall–Kier alpha value is -1.09. The van der Waals surface area contributed by atoms with Crippen molar-refractivity contribution in [1.29, 1.82) is 0 Å². The number of aliphatic hydroxyl groups is 1. The molecule has 0 heterocycles. The number of hydrogen-bond acceptors (Lipinski definition) is 3. The van der Waals surface area contributed by atoms with Crippen LogP contribution in [0.15, 0.2) is 23.8 Å². The predicted molar refractivity (Wildman–Crippen MR) is 44.5 cm³/mol. The first-order valence-electron chi connectivity index (χ1n) is 3.97. The van der Waals surface area contributed by atoms with Crippen LogP contribution < -0.4 is 0 Å². The quantitative estimate of drug-likeness (QED) is 0.490. The maximum atomic E-state index is 11.1. The summed E-state index contributed by atoms with van der Waals surface area (Å²) in [4.78, 5) is 11.1. The lowest BCUT2D eigenvalue weighted by atomic mass is 10.0. The van der Waals surface area contributed by atoms with Gasteiger partial charge in [0.15, 0.2) is 0 Å². The van der Waals surface area contributed by atoms with Crippen LogP contribution in [-0.4, -0.2) is 23.8 Å². The third kappa shape index (κ3) is 1.95. The molecule has 0 fully saturated rings. The average molecular weight is 168 g/mol. The highest BCUT2D eigenvalue weighted by Crippen LogP contribution is 2.13. The van der Waals surface area contributed by atoms with E-state index in [9.17, 15) is 9.90 Å². The SMILES string of the molecule is CCOC(=O)C1=CCC=C[C@@H]1O. The first kappa shape index (κ1) is 9.00. The predicted octanol–water partition coefficient (Wildman–Crippen LogP) is 0.797. The van der Waals surface area contributed by atoms with Crippen molar-refractivity contribution < 1.29 is 14.6 Å². The van der Waals surface area contributed by atoms with E-state index in [0.29, 0.717) is 18.6 Å². The van der Waals surface area contributed by atoms with Crippen LogP contribution in [-0.2, 0) is 9.53 Å². The zero-order valence-electron chi connectivity index (χ0n) is 6.99. The number of allylic oxidation sites excluding steroid dienone is 2. The zero-order chi connectivity index (χ0) is 8.97. The van der Waals surface area contributed by atoms with Gasteiger partial charge in [-0.2, -0.15) is 0 Å². The van der Waals surface area contributed by atoms with Gasteiger partial charge in [-0.25, -0.2) is 4.79 Å². The van der Waals surface area contributed by atoms with Crippen LogP contribution in [0.1, 0.15) is 13.3 Å². The molecule has 12 heavy (non-hydrogen) atoms. The van der Waals surface area contributed by atoms with E-state index in [4.69, 9.17) is 4.74 Å². The highest BCUT2D eigenvalue weighted by Gasteiger charge is 2.18. The smallest absolute Gasteiger partial charge is 0.336 e. The minimum absolute atomic E-state index is 0.340. The van der Waals surface area contributed by atoms with Crippen LogP contribution in [0.3, 0.4) is 0 Å². The van der Waals surface area contributed by atoms with Crippen molar-refractivity contribution in [2.24, 2.45) is 0 Å². The molecule has 0 saturated carbocycles. The van der Waals surface area contributed by atoms with Gasteiger partial charge in [-0.1, -0.05) is 18.2 Å². The molecule has 0 aromatic rings. The zero-order valence-corrected chi connectivity index (χ0v) is 6.99. The summed E-state index contributed by atoms with van der Waals surface area (Å²) in [6.07, 6.45) is 4.98. The Labute approximate surface area is 71.3 Å². The largest absolute Gasteiger partial charge is 0.463 e. The van der Waals surface area contributed by atoms with E-state index in [1.807, 2.05) is 6.08 Å². The fourth-order valence-electron chi connectivity index (χ4n) is 1.05. The van der Waals surface area contributed by atoms with Gasteiger partial charge in [0.05, 0.1) is 12.2 Å². The molecule has 0 amide bonds. The molecule has 0 aliphatic heterocycles. The average Bonchev–Trinajstić information content (AvgIpc) is 2.05. The van der Waals surface area contributed by atoms with Crippen molar-refractivity contribution in [3.8, 4) is 0 Å². The third-order valence-corrected chi connectivity index (χ3v) is 1.62. The van der Waals surface area contributed by atoms with Crippen molar-refractivity contribution in [3.63, 3.8) is 0 Å². The molecule has 3 heteroatoms. The lowest BCUT2D eigenvalue weighted by Crippen LogP contribution is -2.19. The molecule has 0 saturated heterocycles. The van der Waals surface area contributed by atoms with Crippen LogP contribution >= 0.6 is 0 Å². The Morgan fingerprint density at radius 1 is 1.83 bits per heavy atom. The number of aliphatic hydroxyl groups excluding tert-OH is 1. The fraction of sp³-hybridized carbons (Fsp3) is 0.444. The topological polar surface area (TPSA) is 46.5 Å². The van der Waals surface area contributed by atoms with E-state index in [2.05, 4.69) is 0 Å². The number of carbonyl (C=O) groups is 1. The summed E-state index contributed by atoms with van der Waals surface area (Å²) in [5.74, 6) is -0.422. The highest BCUT2D eigenvalue weighted by atomic mass is 16.5. The van der Waals surface area contributed by atoms with E-state index < -0.39 is 12.1 Å². The third-order valence-electron chi connectivity index (χ3n) is 1.62. The Morgan fingerprint density at radius 3 is 3.17 bits per heavy atom. The lowest BCUT2D eigenvalue weighted by Gasteiger charge is -2.12. The molecule has 0 aromatic heterocycles. The minimum atomic E-state index is -0.794. The van der Waals surface area contributed by atoms with Gasteiger partial charge >= 0.3 is 5.97 Å². The number of ether oxygens (including phenoxy) is 1. The second-order valence-electron chi connectivity index (χ2n) is 2.49. The van der Waals surface area contributed by atoms with E-state index in [1.165, 1.54) is 0 Å². The second kappa shape index (κ2) is 4.07. The van der Waals surface area contributed by atoms with Gasteiger partial charge in [0.1, 0.15) is 6.10 Å². The molecule has 1 atom stereocenters. The number of esters is 1. The molecule has 1 aliphatic rings. The molecule has 3 nitrogen and oxygen atoms in total. The first-order chi connectivity index (χ1) is 5.75. The van der Waals surface area contributed by atoms with Gasteiger partial charge < -0.3 is 9.84 Å². The number of carbonyl (C=O) groups excluding carboxylic acids is 1. The van der Waals surface area contributed by atoms with E-state index in [1.54, 1.807) is 19.1 Å².